The summed E-state index contributed by atoms with van der Waals surface area (Å²) in [6.07, 6.45) is 8.11. The van der Waals surface area contributed by atoms with E-state index in [0.717, 1.165) is 5.33 Å². The average Bonchev–Trinajstić information content (AvgIpc) is 2.84. The van der Waals surface area contributed by atoms with Gasteiger partial charge in [-0.2, -0.15) is 0 Å². The summed E-state index contributed by atoms with van der Waals surface area (Å²) in [5.41, 5.74) is 1.30. The Morgan fingerprint density at radius 1 is 1.62 bits per heavy atom. The van der Waals surface area contributed by atoms with Crippen molar-refractivity contribution < 1.29 is 5.11 Å². The fraction of sp³-hybridized carbons (Fsp3) is 0.600. The highest BCUT2D eigenvalue weighted by molar-refractivity contribution is 9.09. The first-order chi connectivity index (χ1) is 6.15. The van der Waals surface area contributed by atoms with Crippen molar-refractivity contribution in [2.24, 2.45) is 11.8 Å². The van der Waals surface area contributed by atoms with Gasteiger partial charge in [0.25, 0.3) is 0 Å². The van der Waals surface area contributed by atoms with Crippen LogP contribution in [0, 0.1) is 11.8 Å². The molecular formula is C10H12BrClO. The summed E-state index contributed by atoms with van der Waals surface area (Å²) < 4.78 is 0. The van der Waals surface area contributed by atoms with Crippen LogP contribution in [0.3, 0.4) is 0 Å². The molecule has 0 spiro atoms. The topological polar surface area (TPSA) is 20.2 Å². The third-order valence-corrected chi connectivity index (χ3v) is 3.75. The normalized spacial score (nSPS) is 39.0. The molecule has 1 fully saturated rings. The van der Waals surface area contributed by atoms with Crippen LogP contribution in [0.2, 0.25) is 0 Å². The van der Waals surface area contributed by atoms with Crippen LogP contribution < -0.4 is 0 Å². The van der Waals surface area contributed by atoms with Crippen LogP contribution >= 0.6 is 27.5 Å². The van der Waals surface area contributed by atoms with Crippen molar-refractivity contribution in [3.05, 3.63) is 23.8 Å². The zero-order valence-electron chi connectivity index (χ0n) is 7.21. The molecule has 0 bridgehead atoms. The molecular weight excluding hydrogens is 251 g/mol. The molecule has 0 saturated heterocycles. The van der Waals surface area contributed by atoms with E-state index in [1.54, 1.807) is 6.08 Å². The van der Waals surface area contributed by atoms with E-state index < -0.39 is 5.06 Å². The lowest BCUT2D eigenvalue weighted by Gasteiger charge is -2.31. The summed E-state index contributed by atoms with van der Waals surface area (Å²) in [6.45, 7) is 0. The summed E-state index contributed by atoms with van der Waals surface area (Å²) >= 11 is 9.41. The average molecular weight is 264 g/mol. The van der Waals surface area contributed by atoms with Gasteiger partial charge in [0.05, 0.1) is 0 Å². The summed E-state index contributed by atoms with van der Waals surface area (Å²) in [5.74, 6) is 0.699. The Morgan fingerprint density at radius 2 is 2.31 bits per heavy atom. The summed E-state index contributed by atoms with van der Waals surface area (Å²) in [5, 5.41) is 9.43. The zero-order valence-corrected chi connectivity index (χ0v) is 9.55. The number of alkyl halides is 2. The lowest BCUT2D eigenvalue weighted by atomic mass is 9.87. The lowest BCUT2D eigenvalue weighted by molar-refractivity contribution is 0.134. The van der Waals surface area contributed by atoms with E-state index in [1.807, 2.05) is 6.08 Å². The van der Waals surface area contributed by atoms with Gasteiger partial charge < -0.3 is 5.11 Å². The number of halogens is 2. The van der Waals surface area contributed by atoms with E-state index in [0.29, 0.717) is 5.92 Å². The first kappa shape index (κ1) is 9.75. The Labute approximate surface area is 91.6 Å². The molecule has 0 aromatic rings. The van der Waals surface area contributed by atoms with Gasteiger partial charge in [-0.25, -0.2) is 0 Å². The molecule has 0 radical (unpaired) electrons. The third-order valence-electron chi connectivity index (χ3n) is 2.71. The van der Waals surface area contributed by atoms with Crippen molar-refractivity contribution in [1.29, 1.82) is 0 Å². The molecule has 72 valence electrons. The highest BCUT2D eigenvalue weighted by Crippen LogP contribution is 2.46. The number of rotatable bonds is 2. The van der Waals surface area contributed by atoms with E-state index in [1.165, 1.54) is 18.4 Å². The predicted molar refractivity (Wildman–Crippen MR) is 58.0 cm³/mol. The van der Waals surface area contributed by atoms with Gasteiger partial charge in [-0.15, -0.1) is 0 Å². The van der Waals surface area contributed by atoms with E-state index in [-0.39, 0.29) is 5.92 Å². The van der Waals surface area contributed by atoms with Crippen molar-refractivity contribution in [3.8, 4) is 0 Å². The van der Waals surface area contributed by atoms with Crippen LogP contribution in [0.5, 0.6) is 0 Å². The predicted octanol–water partition coefficient (Wildman–Crippen LogP) is 2.83. The summed E-state index contributed by atoms with van der Waals surface area (Å²) in [4.78, 5) is 0. The second-order valence-corrected chi connectivity index (χ2v) is 4.99. The van der Waals surface area contributed by atoms with Crippen LogP contribution in [0.25, 0.3) is 0 Å². The smallest absolute Gasteiger partial charge is 0.165 e. The van der Waals surface area contributed by atoms with Crippen LogP contribution in [0.1, 0.15) is 12.8 Å². The molecule has 0 aromatic carbocycles. The Balaban J connectivity index is 2.24. The number of allylic oxidation sites excluding steroid dienone is 2. The Kier molecular flexibility index (Phi) is 2.56. The van der Waals surface area contributed by atoms with Crippen molar-refractivity contribution in [2.75, 3.05) is 5.33 Å². The van der Waals surface area contributed by atoms with Gasteiger partial charge >= 0.3 is 0 Å². The SMILES string of the molecule is OC1(Cl)C=CC=C(C2CC2)C1CBr. The first-order valence-electron chi connectivity index (χ1n) is 4.51. The Bertz CT molecular complexity index is 266. The zero-order chi connectivity index (χ0) is 9.47. The van der Waals surface area contributed by atoms with Crippen molar-refractivity contribution in [3.63, 3.8) is 0 Å². The maximum absolute atomic E-state index is 9.89. The van der Waals surface area contributed by atoms with Gasteiger partial charge in [-0.3, -0.25) is 0 Å². The maximum Gasteiger partial charge on any atom is 0.165 e. The van der Waals surface area contributed by atoms with Gasteiger partial charge in [0.2, 0.25) is 0 Å². The first-order valence-corrected chi connectivity index (χ1v) is 6.01. The third kappa shape index (κ3) is 1.85. The summed E-state index contributed by atoms with van der Waals surface area (Å²) in [7, 11) is 0. The highest BCUT2D eigenvalue weighted by atomic mass is 79.9. The molecule has 1 N–H and O–H groups in total. The number of hydrogen-bond acceptors (Lipinski definition) is 1. The Hall–Kier alpha value is 0.210. The fourth-order valence-corrected chi connectivity index (χ4v) is 3.12. The molecule has 0 amide bonds. The molecule has 3 heteroatoms. The standard InChI is InChI=1S/C10H12BrClO/c11-6-9-8(7-3-4-7)2-1-5-10(9,12)13/h1-2,5,7,9,13H,3-4,6H2. The molecule has 0 aromatic heterocycles. The van der Waals surface area contributed by atoms with Crippen molar-refractivity contribution in [2.45, 2.75) is 17.9 Å². The van der Waals surface area contributed by atoms with E-state index in [2.05, 4.69) is 22.0 Å². The van der Waals surface area contributed by atoms with Gasteiger partial charge in [0, 0.05) is 11.2 Å². The van der Waals surface area contributed by atoms with Crippen LogP contribution in [0.4, 0.5) is 0 Å². The monoisotopic (exact) mass is 262 g/mol. The summed E-state index contributed by atoms with van der Waals surface area (Å²) in [6, 6.07) is 0. The molecule has 2 unspecified atom stereocenters. The molecule has 1 nitrogen and oxygen atoms in total. The minimum Gasteiger partial charge on any atom is -0.371 e. The Morgan fingerprint density at radius 3 is 2.85 bits per heavy atom. The van der Waals surface area contributed by atoms with E-state index in [4.69, 9.17) is 11.6 Å². The van der Waals surface area contributed by atoms with Crippen molar-refractivity contribution >= 4 is 27.5 Å². The second kappa shape index (κ2) is 3.41. The van der Waals surface area contributed by atoms with Crippen LogP contribution in [-0.2, 0) is 0 Å². The number of hydrogen-bond donors (Lipinski definition) is 1. The minimum absolute atomic E-state index is 0.0340. The quantitative estimate of drug-likeness (QED) is 0.760. The molecule has 2 atom stereocenters. The van der Waals surface area contributed by atoms with Crippen LogP contribution in [-0.4, -0.2) is 15.5 Å². The van der Waals surface area contributed by atoms with E-state index in [9.17, 15) is 5.11 Å². The molecule has 0 heterocycles. The fourth-order valence-electron chi connectivity index (χ4n) is 1.79. The van der Waals surface area contributed by atoms with E-state index >= 15 is 0 Å². The van der Waals surface area contributed by atoms with Crippen LogP contribution in [0.15, 0.2) is 23.8 Å². The second-order valence-electron chi connectivity index (χ2n) is 3.73. The number of aliphatic hydroxyl groups is 1. The molecule has 13 heavy (non-hydrogen) atoms. The molecule has 2 aliphatic carbocycles. The molecule has 2 rings (SSSR count). The molecule has 0 aliphatic heterocycles. The lowest BCUT2D eigenvalue weighted by Crippen LogP contribution is -2.34. The largest absolute Gasteiger partial charge is 0.371 e. The molecule has 1 saturated carbocycles. The minimum atomic E-state index is -1.18. The highest BCUT2D eigenvalue weighted by Gasteiger charge is 2.41. The maximum atomic E-state index is 9.89. The van der Waals surface area contributed by atoms with Gasteiger partial charge in [0.15, 0.2) is 5.06 Å². The van der Waals surface area contributed by atoms with Crippen molar-refractivity contribution in [1.82, 2.24) is 0 Å². The molecule has 2 aliphatic rings. The van der Waals surface area contributed by atoms with Gasteiger partial charge in [-0.05, 0) is 24.8 Å². The van der Waals surface area contributed by atoms with Gasteiger partial charge in [0.1, 0.15) is 0 Å². The van der Waals surface area contributed by atoms with Gasteiger partial charge in [-0.1, -0.05) is 45.3 Å².